The van der Waals surface area contributed by atoms with Gasteiger partial charge in [-0.15, -0.1) is 23.1 Å². The molecule has 0 aliphatic carbocycles. The zero-order chi connectivity index (χ0) is 16.3. The van der Waals surface area contributed by atoms with Crippen molar-refractivity contribution in [2.24, 2.45) is 0 Å². The number of thioether (sulfide) groups is 1. The lowest BCUT2D eigenvalue weighted by Crippen LogP contribution is -2.10. The van der Waals surface area contributed by atoms with Gasteiger partial charge in [0, 0.05) is 5.75 Å². The van der Waals surface area contributed by atoms with Gasteiger partial charge < -0.3 is 0 Å². The first kappa shape index (κ1) is 16.6. The van der Waals surface area contributed by atoms with Crippen LogP contribution in [-0.2, 0) is 6.18 Å². The Hall–Kier alpha value is -1.78. The van der Waals surface area contributed by atoms with E-state index >= 15 is 0 Å². The molecule has 0 unspecified atom stereocenters. The monoisotopic (exact) mass is 340 g/mol. The molecular weight excluding hydrogens is 329 g/mol. The Morgan fingerprint density at radius 3 is 2.73 bits per heavy atom. The third-order valence-corrected chi connectivity index (χ3v) is 4.73. The van der Waals surface area contributed by atoms with E-state index in [1.165, 1.54) is 11.3 Å². The molecule has 0 fully saturated rings. The Morgan fingerprint density at radius 2 is 2.23 bits per heavy atom. The van der Waals surface area contributed by atoms with Crippen molar-refractivity contribution >= 4 is 23.1 Å². The van der Waals surface area contributed by atoms with Gasteiger partial charge in [0.15, 0.2) is 0 Å². The maximum Gasteiger partial charge on any atom is 0.417 e. The van der Waals surface area contributed by atoms with Gasteiger partial charge in [-0.3, -0.25) is 0 Å². The summed E-state index contributed by atoms with van der Waals surface area (Å²) in [6.07, 6.45) is -4.60. The Balaban J connectivity index is 2.62. The molecule has 0 saturated carbocycles. The molecule has 0 saturated heterocycles. The molecule has 0 aliphatic rings. The second-order valence-electron chi connectivity index (χ2n) is 4.57. The molecule has 0 amide bonds. The standard InChI is InChI=1S/C15H11F3N2S2/c1-9(2)8-22-14-10(7-19)11(15(16,17)18)6-12(20-14)13-4-3-5-21-13/h3-6H,1,8H2,2H3. The number of nitrogens with zero attached hydrogens (tertiary/aromatic N) is 2. The predicted molar refractivity (Wildman–Crippen MR) is 82.8 cm³/mol. The highest BCUT2D eigenvalue weighted by molar-refractivity contribution is 7.99. The van der Waals surface area contributed by atoms with Gasteiger partial charge in [0.25, 0.3) is 0 Å². The highest BCUT2D eigenvalue weighted by Crippen LogP contribution is 2.38. The summed E-state index contributed by atoms with van der Waals surface area (Å²) in [4.78, 5) is 4.87. The van der Waals surface area contributed by atoms with Gasteiger partial charge >= 0.3 is 6.18 Å². The largest absolute Gasteiger partial charge is 0.417 e. The maximum absolute atomic E-state index is 13.2. The molecule has 2 heterocycles. The van der Waals surface area contributed by atoms with E-state index in [2.05, 4.69) is 11.6 Å². The molecule has 0 spiro atoms. The number of rotatable bonds is 4. The smallest absolute Gasteiger partial charge is 0.239 e. The Morgan fingerprint density at radius 1 is 1.50 bits per heavy atom. The highest BCUT2D eigenvalue weighted by Gasteiger charge is 2.36. The molecule has 7 heteroatoms. The van der Waals surface area contributed by atoms with Crippen LogP contribution in [0.3, 0.4) is 0 Å². The molecule has 22 heavy (non-hydrogen) atoms. The number of halogens is 3. The fourth-order valence-corrected chi connectivity index (χ4v) is 3.23. The predicted octanol–water partition coefficient (Wildman–Crippen LogP) is 5.37. The summed E-state index contributed by atoms with van der Waals surface area (Å²) in [5, 5.41) is 11.0. The van der Waals surface area contributed by atoms with E-state index in [0.717, 1.165) is 23.4 Å². The first-order valence-corrected chi connectivity index (χ1v) is 8.03. The maximum atomic E-state index is 13.2. The van der Waals surface area contributed by atoms with Crippen molar-refractivity contribution in [2.45, 2.75) is 18.1 Å². The SMILES string of the molecule is C=C(C)CSc1nc(-c2cccs2)cc(C(F)(F)F)c1C#N. The minimum atomic E-state index is -4.60. The fraction of sp³-hybridized carbons (Fsp3) is 0.200. The molecule has 2 nitrogen and oxygen atoms in total. The van der Waals surface area contributed by atoms with Crippen LogP contribution >= 0.6 is 23.1 Å². The van der Waals surface area contributed by atoms with Crippen molar-refractivity contribution in [3.8, 4) is 16.6 Å². The molecule has 0 atom stereocenters. The van der Waals surface area contributed by atoms with Crippen molar-refractivity contribution in [2.75, 3.05) is 5.75 Å². The second-order valence-corrected chi connectivity index (χ2v) is 6.48. The quantitative estimate of drug-likeness (QED) is 0.555. The van der Waals surface area contributed by atoms with Crippen molar-refractivity contribution in [3.63, 3.8) is 0 Å². The van der Waals surface area contributed by atoms with Crippen LogP contribution in [0.5, 0.6) is 0 Å². The van der Waals surface area contributed by atoms with E-state index < -0.39 is 17.3 Å². The molecule has 114 valence electrons. The zero-order valence-electron chi connectivity index (χ0n) is 11.6. The molecule has 0 aromatic carbocycles. The summed E-state index contributed by atoms with van der Waals surface area (Å²) in [7, 11) is 0. The fourth-order valence-electron chi connectivity index (χ4n) is 1.70. The number of hydrogen-bond acceptors (Lipinski definition) is 4. The van der Waals surface area contributed by atoms with E-state index in [0.29, 0.717) is 10.6 Å². The Kier molecular flexibility index (Phi) is 4.94. The van der Waals surface area contributed by atoms with E-state index in [1.54, 1.807) is 30.5 Å². The highest BCUT2D eigenvalue weighted by atomic mass is 32.2. The lowest BCUT2D eigenvalue weighted by Gasteiger charge is -2.13. The Labute approximate surface area is 134 Å². The van der Waals surface area contributed by atoms with E-state index in [4.69, 9.17) is 5.26 Å². The molecule has 2 aromatic rings. The van der Waals surface area contributed by atoms with Crippen LogP contribution < -0.4 is 0 Å². The number of aromatic nitrogens is 1. The van der Waals surface area contributed by atoms with E-state index in [9.17, 15) is 13.2 Å². The minimum absolute atomic E-state index is 0.0868. The summed E-state index contributed by atoms with van der Waals surface area (Å²) in [5.41, 5.74) is -0.354. The molecule has 0 radical (unpaired) electrons. The molecule has 0 aliphatic heterocycles. The van der Waals surface area contributed by atoms with Crippen LogP contribution in [0.15, 0.2) is 40.8 Å². The average Bonchev–Trinajstić information content (AvgIpc) is 2.97. The van der Waals surface area contributed by atoms with E-state index in [1.807, 2.05) is 0 Å². The third-order valence-electron chi connectivity index (χ3n) is 2.63. The van der Waals surface area contributed by atoms with Gasteiger partial charge in [-0.05, 0) is 24.4 Å². The van der Waals surface area contributed by atoms with Gasteiger partial charge in [-0.25, -0.2) is 4.98 Å². The average molecular weight is 340 g/mol. The van der Waals surface area contributed by atoms with E-state index in [-0.39, 0.29) is 10.7 Å². The summed E-state index contributed by atoms with van der Waals surface area (Å²) < 4.78 is 39.7. The van der Waals surface area contributed by atoms with Crippen molar-refractivity contribution < 1.29 is 13.2 Å². The van der Waals surface area contributed by atoms with Crippen LogP contribution in [-0.4, -0.2) is 10.7 Å². The number of thiophene rings is 1. The van der Waals surface area contributed by atoms with Gasteiger partial charge in [-0.1, -0.05) is 18.2 Å². The number of alkyl halides is 3. The summed E-state index contributed by atoms with van der Waals surface area (Å²) in [6.45, 7) is 5.49. The van der Waals surface area contributed by atoms with Crippen molar-refractivity contribution in [3.05, 3.63) is 46.9 Å². The molecular formula is C15H11F3N2S2. The van der Waals surface area contributed by atoms with Crippen LogP contribution in [0.4, 0.5) is 13.2 Å². The van der Waals surface area contributed by atoms with Crippen molar-refractivity contribution in [1.29, 1.82) is 5.26 Å². The van der Waals surface area contributed by atoms with Crippen LogP contribution in [0.2, 0.25) is 0 Å². The second kappa shape index (κ2) is 6.55. The zero-order valence-corrected chi connectivity index (χ0v) is 13.2. The van der Waals surface area contributed by atoms with Crippen LogP contribution in [0.1, 0.15) is 18.1 Å². The molecule has 0 bridgehead atoms. The molecule has 0 N–H and O–H groups in total. The summed E-state index contributed by atoms with van der Waals surface area (Å²) >= 11 is 2.40. The summed E-state index contributed by atoms with van der Waals surface area (Å²) in [6, 6.07) is 6.02. The minimum Gasteiger partial charge on any atom is -0.239 e. The van der Waals surface area contributed by atoms with Crippen molar-refractivity contribution in [1.82, 2.24) is 4.98 Å². The third kappa shape index (κ3) is 3.70. The Bertz CT molecular complexity index is 728. The van der Waals surface area contributed by atoms with Gasteiger partial charge in [0.05, 0.1) is 21.7 Å². The van der Waals surface area contributed by atoms with Gasteiger partial charge in [0.1, 0.15) is 11.1 Å². The van der Waals surface area contributed by atoms with Gasteiger partial charge in [-0.2, -0.15) is 18.4 Å². The van der Waals surface area contributed by atoms with Crippen LogP contribution in [0.25, 0.3) is 10.6 Å². The number of nitriles is 1. The first-order chi connectivity index (χ1) is 10.3. The summed E-state index contributed by atoms with van der Waals surface area (Å²) in [5.74, 6) is 0.410. The number of hydrogen-bond donors (Lipinski definition) is 0. The first-order valence-electron chi connectivity index (χ1n) is 6.16. The van der Waals surface area contributed by atoms with Crippen LogP contribution in [0, 0.1) is 11.3 Å². The number of pyridine rings is 1. The molecule has 2 aromatic heterocycles. The molecule has 2 rings (SSSR count). The topological polar surface area (TPSA) is 36.7 Å². The lowest BCUT2D eigenvalue weighted by atomic mass is 10.1. The normalized spacial score (nSPS) is 11.2. The lowest BCUT2D eigenvalue weighted by molar-refractivity contribution is -0.138. The van der Waals surface area contributed by atoms with Gasteiger partial charge in [0.2, 0.25) is 0 Å².